The maximum absolute atomic E-state index is 12.2. The summed E-state index contributed by atoms with van der Waals surface area (Å²) in [6.07, 6.45) is 0. The first-order chi connectivity index (χ1) is 12.5. The van der Waals surface area contributed by atoms with Crippen molar-refractivity contribution in [2.24, 2.45) is 0 Å². The van der Waals surface area contributed by atoms with Crippen molar-refractivity contribution in [1.82, 2.24) is 19.5 Å². The highest BCUT2D eigenvalue weighted by Gasteiger charge is 2.15. The number of rotatable bonds is 7. The van der Waals surface area contributed by atoms with Gasteiger partial charge in [-0.25, -0.2) is 4.98 Å². The molecule has 0 aliphatic heterocycles. The molecule has 3 rings (SSSR count). The zero-order valence-corrected chi connectivity index (χ0v) is 15.5. The summed E-state index contributed by atoms with van der Waals surface area (Å²) in [5.41, 5.74) is 1.47. The van der Waals surface area contributed by atoms with Crippen LogP contribution in [-0.2, 0) is 22.6 Å². The molecule has 0 radical (unpaired) electrons. The third-order valence-electron chi connectivity index (χ3n) is 3.69. The van der Waals surface area contributed by atoms with Crippen LogP contribution >= 0.6 is 11.3 Å². The topological polar surface area (TPSA) is 76.8 Å². The summed E-state index contributed by atoms with van der Waals surface area (Å²) in [7, 11) is 0. The van der Waals surface area contributed by atoms with Gasteiger partial charge in [-0.1, -0.05) is 41.7 Å². The molecule has 0 saturated heterocycles. The quantitative estimate of drug-likeness (QED) is 0.591. The lowest BCUT2D eigenvalue weighted by Gasteiger charge is -2.21. The first-order valence-electron chi connectivity index (χ1n) is 8.33. The highest BCUT2D eigenvalue weighted by Crippen LogP contribution is 2.12. The molecular weight excluding hydrogens is 352 g/mol. The van der Waals surface area contributed by atoms with Gasteiger partial charge in [0.15, 0.2) is 0 Å². The van der Waals surface area contributed by atoms with E-state index in [2.05, 4.69) is 10.1 Å². The molecule has 3 aromatic rings. The number of carbonyl (C=O) groups is 1. The molecule has 0 N–H and O–H groups in total. The molecule has 136 valence electrons. The number of benzene rings is 1. The lowest BCUT2D eigenvalue weighted by Crippen LogP contribution is -2.31. The zero-order valence-electron chi connectivity index (χ0n) is 14.7. The Hall–Kier alpha value is -2.58. The minimum atomic E-state index is -0.296. The van der Waals surface area contributed by atoms with E-state index in [1.165, 1.54) is 21.9 Å². The van der Waals surface area contributed by atoms with Crippen LogP contribution in [0.4, 0.5) is 0 Å². The highest BCUT2D eigenvalue weighted by atomic mass is 32.1. The van der Waals surface area contributed by atoms with Crippen molar-refractivity contribution in [3.05, 3.63) is 63.0 Å². The fourth-order valence-electron chi connectivity index (χ4n) is 2.66. The fraction of sp³-hybridized carbons (Fsp3) is 0.333. The summed E-state index contributed by atoms with van der Waals surface area (Å²) in [6, 6.07) is 11.3. The van der Waals surface area contributed by atoms with Crippen LogP contribution < -0.4 is 5.56 Å². The Morgan fingerprint density at radius 3 is 2.77 bits per heavy atom. The lowest BCUT2D eigenvalue weighted by molar-refractivity contribution is -0.144. The molecule has 0 fully saturated rings. The van der Waals surface area contributed by atoms with E-state index in [0.29, 0.717) is 30.4 Å². The molecule has 0 aliphatic rings. The molecule has 0 unspecified atom stereocenters. The molecule has 0 spiro atoms. The van der Waals surface area contributed by atoms with E-state index < -0.39 is 0 Å². The van der Waals surface area contributed by atoms with E-state index >= 15 is 0 Å². The molecule has 2 aromatic heterocycles. The monoisotopic (exact) mass is 372 g/mol. The Morgan fingerprint density at radius 1 is 1.27 bits per heavy atom. The van der Waals surface area contributed by atoms with Crippen LogP contribution in [-0.4, -0.2) is 38.6 Å². The van der Waals surface area contributed by atoms with Gasteiger partial charge in [0, 0.05) is 19.2 Å². The lowest BCUT2D eigenvalue weighted by atomic mass is 10.2. The summed E-state index contributed by atoms with van der Waals surface area (Å²) >= 11 is 1.36. The zero-order chi connectivity index (χ0) is 18.5. The van der Waals surface area contributed by atoms with Crippen LogP contribution in [0.1, 0.15) is 23.2 Å². The van der Waals surface area contributed by atoms with Crippen LogP contribution in [0.5, 0.6) is 0 Å². The molecule has 0 saturated carbocycles. The van der Waals surface area contributed by atoms with Crippen LogP contribution in [0, 0.1) is 6.92 Å². The Labute approximate surface area is 154 Å². The van der Waals surface area contributed by atoms with Crippen LogP contribution in [0.3, 0.4) is 0 Å². The minimum Gasteiger partial charge on any atom is -0.465 e. The van der Waals surface area contributed by atoms with E-state index in [9.17, 15) is 9.59 Å². The molecule has 7 nitrogen and oxygen atoms in total. The Morgan fingerprint density at radius 2 is 2.04 bits per heavy atom. The second-order valence-corrected chi connectivity index (χ2v) is 7.00. The first kappa shape index (κ1) is 18.2. The second-order valence-electron chi connectivity index (χ2n) is 5.84. The third-order valence-corrected chi connectivity index (χ3v) is 4.52. The number of fused-ring (bicyclic) bond motifs is 1. The van der Waals surface area contributed by atoms with Gasteiger partial charge in [0.2, 0.25) is 4.96 Å². The van der Waals surface area contributed by atoms with Gasteiger partial charge in [-0.2, -0.15) is 9.61 Å². The second kappa shape index (κ2) is 8.20. The van der Waals surface area contributed by atoms with Gasteiger partial charge in [-0.05, 0) is 19.4 Å². The van der Waals surface area contributed by atoms with Gasteiger partial charge in [-0.3, -0.25) is 14.5 Å². The molecule has 0 aliphatic carbocycles. The summed E-state index contributed by atoms with van der Waals surface area (Å²) in [4.78, 5) is 31.2. The number of ether oxygens (including phenoxy) is 1. The van der Waals surface area contributed by atoms with E-state index in [1.807, 2.05) is 42.2 Å². The average Bonchev–Trinajstić information content (AvgIpc) is 2.97. The third kappa shape index (κ3) is 4.53. The van der Waals surface area contributed by atoms with E-state index in [-0.39, 0.29) is 18.1 Å². The standard InChI is InChI=1S/C18H20N4O3S/c1-3-25-17(24)12-21(10-14-7-5-4-6-8-14)11-15-9-16(23)22-18(19-15)26-13(2)20-22/h4-9H,3,10-12H2,1-2H3. The molecule has 26 heavy (non-hydrogen) atoms. The SMILES string of the molecule is CCOC(=O)CN(Cc1ccccc1)Cc1cc(=O)n2nc(C)sc2n1. The molecule has 8 heteroatoms. The summed E-state index contributed by atoms with van der Waals surface area (Å²) in [5, 5.41) is 4.92. The number of aryl methyl sites for hydroxylation is 1. The normalized spacial score (nSPS) is 11.2. The van der Waals surface area contributed by atoms with Gasteiger partial charge in [-0.15, -0.1) is 0 Å². The first-order valence-corrected chi connectivity index (χ1v) is 9.15. The van der Waals surface area contributed by atoms with E-state index in [1.54, 1.807) is 6.92 Å². The molecule has 0 atom stereocenters. The van der Waals surface area contributed by atoms with Gasteiger partial charge in [0.1, 0.15) is 5.01 Å². The summed E-state index contributed by atoms with van der Waals surface area (Å²) < 4.78 is 6.37. The van der Waals surface area contributed by atoms with Crippen molar-refractivity contribution < 1.29 is 9.53 Å². The Kier molecular flexibility index (Phi) is 5.75. The van der Waals surface area contributed by atoms with Gasteiger partial charge in [0.05, 0.1) is 18.8 Å². The van der Waals surface area contributed by atoms with Crippen molar-refractivity contribution in [2.45, 2.75) is 26.9 Å². The largest absolute Gasteiger partial charge is 0.465 e. The van der Waals surface area contributed by atoms with Crippen LogP contribution in [0.25, 0.3) is 4.96 Å². The van der Waals surface area contributed by atoms with Crippen LogP contribution in [0.15, 0.2) is 41.2 Å². The number of aromatic nitrogens is 3. The number of hydrogen-bond donors (Lipinski definition) is 0. The Bertz CT molecular complexity index is 952. The predicted molar refractivity (Wildman–Crippen MR) is 99.1 cm³/mol. The predicted octanol–water partition coefficient (Wildman–Crippen LogP) is 2.02. The van der Waals surface area contributed by atoms with Gasteiger partial charge in [0.25, 0.3) is 5.56 Å². The highest BCUT2D eigenvalue weighted by molar-refractivity contribution is 7.16. The van der Waals surface area contributed by atoms with Crippen molar-refractivity contribution in [2.75, 3.05) is 13.2 Å². The molecule has 0 amide bonds. The average molecular weight is 372 g/mol. The van der Waals surface area contributed by atoms with Crippen molar-refractivity contribution in [3.63, 3.8) is 0 Å². The maximum Gasteiger partial charge on any atom is 0.320 e. The van der Waals surface area contributed by atoms with Crippen molar-refractivity contribution in [3.8, 4) is 0 Å². The molecular formula is C18H20N4O3S. The smallest absolute Gasteiger partial charge is 0.320 e. The van der Waals surface area contributed by atoms with E-state index in [4.69, 9.17) is 4.74 Å². The number of hydrogen-bond acceptors (Lipinski definition) is 7. The minimum absolute atomic E-state index is 0.130. The number of nitrogens with zero attached hydrogens (tertiary/aromatic N) is 4. The molecule has 0 bridgehead atoms. The fourth-order valence-corrected chi connectivity index (χ4v) is 3.43. The Balaban J connectivity index is 1.84. The summed E-state index contributed by atoms with van der Waals surface area (Å²) in [6.45, 7) is 5.01. The van der Waals surface area contributed by atoms with Gasteiger partial charge < -0.3 is 4.74 Å². The summed E-state index contributed by atoms with van der Waals surface area (Å²) in [5.74, 6) is -0.296. The van der Waals surface area contributed by atoms with Crippen molar-refractivity contribution >= 4 is 22.3 Å². The van der Waals surface area contributed by atoms with Crippen LogP contribution in [0.2, 0.25) is 0 Å². The number of esters is 1. The molecule has 1 aromatic carbocycles. The van der Waals surface area contributed by atoms with Gasteiger partial charge >= 0.3 is 5.97 Å². The van der Waals surface area contributed by atoms with Crippen molar-refractivity contribution in [1.29, 1.82) is 0 Å². The van der Waals surface area contributed by atoms with E-state index in [0.717, 1.165) is 10.6 Å². The molecule has 2 heterocycles. The number of carbonyl (C=O) groups excluding carboxylic acids is 1. The maximum atomic E-state index is 12.2.